The predicted molar refractivity (Wildman–Crippen MR) is 125 cm³/mol. The number of nitrogens with zero attached hydrogens (tertiary/aromatic N) is 2. The van der Waals surface area contributed by atoms with E-state index in [-0.39, 0.29) is 41.7 Å². The Balaban J connectivity index is 1.32. The number of hydrogen-bond acceptors (Lipinski definition) is 4. The lowest BCUT2D eigenvalue weighted by Gasteiger charge is -2.43. The molecule has 5 rings (SSSR count). The van der Waals surface area contributed by atoms with Crippen molar-refractivity contribution in [1.82, 2.24) is 9.47 Å². The molecule has 0 radical (unpaired) electrons. The molecular weight excluding hydrogens is 418 g/mol. The molecule has 1 aromatic heterocycles. The van der Waals surface area contributed by atoms with Crippen LogP contribution >= 0.6 is 0 Å². The van der Waals surface area contributed by atoms with Crippen molar-refractivity contribution < 1.29 is 14.3 Å². The monoisotopic (exact) mass is 449 g/mol. The molecule has 2 aromatic rings. The maximum atomic E-state index is 12.9. The summed E-state index contributed by atoms with van der Waals surface area (Å²) in [4.78, 5) is 40.4. The third-order valence-electron chi connectivity index (χ3n) is 7.28. The molecule has 2 fully saturated rings. The molecule has 3 aliphatic rings. The minimum atomic E-state index is -0.0481. The van der Waals surface area contributed by atoms with Crippen molar-refractivity contribution in [2.24, 2.45) is 11.8 Å². The van der Waals surface area contributed by atoms with Gasteiger partial charge in [0.05, 0.1) is 5.69 Å². The molecule has 7 heteroatoms. The van der Waals surface area contributed by atoms with E-state index in [4.69, 9.17) is 4.74 Å². The molecule has 2 atom stereocenters. The first kappa shape index (κ1) is 21.7. The minimum absolute atomic E-state index is 0.00365. The quantitative estimate of drug-likeness (QED) is 0.759. The number of carbonyl (C=O) groups excluding carboxylic acids is 2. The number of nitrogens with one attached hydrogen (secondary N) is 1. The summed E-state index contributed by atoms with van der Waals surface area (Å²) in [7, 11) is 0. The zero-order valence-corrected chi connectivity index (χ0v) is 18.9. The number of fused-ring (bicyclic) bond motifs is 4. The highest BCUT2D eigenvalue weighted by Gasteiger charge is 2.38. The van der Waals surface area contributed by atoms with Crippen LogP contribution in [0.15, 0.2) is 47.3 Å². The number of likely N-dealkylation sites (tertiary alicyclic amines) is 1. The second-order valence-electron chi connectivity index (χ2n) is 9.60. The maximum absolute atomic E-state index is 12.9. The van der Waals surface area contributed by atoms with Gasteiger partial charge in [0.1, 0.15) is 5.75 Å². The van der Waals surface area contributed by atoms with Crippen LogP contribution in [0.1, 0.15) is 50.1 Å². The Labute approximate surface area is 193 Å². The molecule has 174 valence electrons. The van der Waals surface area contributed by atoms with Crippen LogP contribution in [0.3, 0.4) is 0 Å². The van der Waals surface area contributed by atoms with Crippen LogP contribution in [-0.2, 0) is 16.1 Å². The van der Waals surface area contributed by atoms with E-state index >= 15 is 0 Å². The highest BCUT2D eigenvalue weighted by molar-refractivity contribution is 5.93. The molecule has 1 saturated heterocycles. The van der Waals surface area contributed by atoms with E-state index in [0.717, 1.165) is 43.5 Å². The van der Waals surface area contributed by atoms with Crippen LogP contribution in [0.5, 0.6) is 5.75 Å². The average Bonchev–Trinajstić information content (AvgIpc) is 2.85. The molecule has 2 aliphatic heterocycles. The zero-order chi connectivity index (χ0) is 22.8. The molecule has 1 saturated carbocycles. The fraction of sp³-hybridized carbons (Fsp3) is 0.500. The first-order valence-corrected chi connectivity index (χ1v) is 12.1. The molecule has 2 amide bonds. The van der Waals surface area contributed by atoms with Crippen LogP contribution in [0.2, 0.25) is 0 Å². The standard InChI is InChI=1S/C26H31N3O4/c30-23-12-11-22(27-26(32)19-7-3-1-4-8-19)25-20-13-18(15-29(23)25)14-28(16-20)24(31)17-33-21-9-5-2-6-10-21/h2,5-6,9-12,18-20H,1,3-4,7-8,13-17H2,(H,27,32)/t18-,20-/m1/s1. The lowest BCUT2D eigenvalue weighted by Crippen LogP contribution is -2.50. The number of carbonyl (C=O) groups is 2. The first-order valence-electron chi connectivity index (χ1n) is 12.1. The summed E-state index contributed by atoms with van der Waals surface area (Å²) in [5, 5.41) is 3.13. The summed E-state index contributed by atoms with van der Waals surface area (Å²) >= 11 is 0. The number of benzene rings is 1. The predicted octanol–water partition coefficient (Wildman–Crippen LogP) is 3.39. The van der Waals surface area contributed by atoms with E-state index in [9.17, 15) is 14.4 Å². The molecule has 1 N–H and O–H groups in total. The molecule has 7 nitrogen and oxygen atoms in total. The van der Waals surface area contributed by atoms with E-state index in [2.05, 4.69) is 5.32 Å². The van der Waals surface area contributed by atoms with Gasteiger partial charge in [-0.2, -0.15) is 0 Å². The SMILES string of the molecule is O=C(Nc1ccc(=O)n2c1[C@@H]1C[C@H](CN(C(=O)COc3ccccc3)C1)C2)C1CCCCC1. The average molecular weight is 450 g/mol. The molecule has 3 heterocycles. The molecule has 1 aliphatic carbocycles. The molecule has 0 spiro atoms. The largest absolute Gasteiger partial charge is 0.484 e. The number of hydrogen-bond donors (Lipinski definition) is 1. The number of anilines is 1. The van der Waals surface area contributed by atoms with Gasteiger partial charge < -0.3 is 19.5 Å². The topological polar surface area (TPSA) is 80.6 Å². The Kier molecular flexibility index (Phi) is 6.20. The number of para-hydroxylation sites is 1. The van der Waals surface area contributed by atoms with Crippen molar-refractivity contribution in [1.29, 1.82) is 0 Å². The Morgan fingerprint density at radius 2 is 1.76 bits per heavy atom. The van der Waals surface area contributed by atoms with Crippen LogP contribution in [-0.4, -0.2) is 41.0 Å². The number of aromatic nitrogens is 1. The number of ether oxygens (including phenoxy) is 1. The van der Waals surface area contributed by atoms with Gasteiger partial charge in [-0.3, -0.25) is 14.4 Å². The van der Waals surface area contributed by atoms with Gasteiger partial charge in [-0.1, -0.05) is 37.5 Å². The van der Waals surface area contributed by atoms with Crippen molar-refractivity contribution in [3.05, 3.63) is 58.5 Å². The maximum Gasteiger partial charge on any atom is 0.260 e. The third kappa shape index (κ3) is 4.68. The number of piperidine rings is 1. The van der Waals surface area contributed by atoms with Gasteiger partial charge in [-0.05, 0) is 43.4 Å². The fourth-order valence-electron chi connectivity index (χ4n) is 5.68. The smallest absolute Gasteiger partial charge is 0.260 e. The van der Waals surface area contributed by atoms with E-state index in [1.807, 2.05) is 39.8 Å². The van der Waals surface area contributed by atoms with Gasteiger partial charge in [0.2, 0.25) is 5.91 Å². The van der Waals surface area contributed by atoms with Gasteiger partial charge in [0.15, 0.2) is 6.61 Å². The van der Waals surface area contributed by atoms with Crippen LogP contribution in [0.25, 0.3) is 0 Å². The number of pyridine rings is 1. The van der Waals surface area contributed by atoms with Crippen molar-refractivity contribution in [3.8, 4) is 5.75 Å². The normalized spacial score (nSPS) is 22.4. The first-order chi connectivity index (χ1) is 16.1. The lowest BCUT2D eigenvalue weighted by atomic mass is 9.82. The van der Waals surface area contributed by atoms with E-state index < -0.39 is 0 Å². The zero-order valence-electron chi connectivity index (χ0n) is 18.9. The minimum Gasteiger partial charge on any atom is -0.484 e. The van der Waals surface area contributed by atoms with Crippen LogP contribution < -0.4 is 15.6 Å². The molecule has 33 heavy (non-hydrogen) atoms. The Hall–Kier alpha value is -3.09. The van der Waals surface area contributed by atoms with Crippen molar-refractivity contribution in [2.45, 2.75) is 51.0 Å². The molecule has 2 bridgehead atoms. The van der Waals surface area contributed by atoms with Crippen molar-refractivity contribution >= 4 is 17.5 Å². The van der Waals surface area contributed by atoms with E-state index in [1.165, 1.54) is 6.42 Å². The fourth-order valence-corrected chi connectivity index (χ4v) is 5.68. The Bertz CT molecular complexity index is 1070. The second-order valence-corrected chi connectivity index (χ2v) is 9.60. The molecular formula is C26H31N3O4. The van der Waals surface area contributed by atoms with E-state index in [0.29, 0.717) is 25.4 Å². The van der Waals surface area contributed by atoms with Gasteiger partial charge in [-0.15, -0.1) is 0 Å². The van der Waals surface area contributed by atoms with Crippen LogP contribution in [0, 0.1) is 11.8 Å². The summed E-state index contributed by atoms with van der Waals surface area (Å²) in [6.45, 7) is 1.72. The summed E-state index contributed by atoms with van der Waals surface area (Å²) in [5.41, 5.74) is 1.55. The molecule has 1 aromatic carbocycles. The summed E-state index contributed by atoms with van der Waals surface area (Å²) in [5.74, 6) is 0.967. The summed E-state index contributed by atoms with van der Waals surface area (Å²) in [6.07, 6.45) is 6.15. The molecule has 0 unspecified atom stereocenters. The summed E-state index contributed by atoms with van der Waals surface area (Å²) < 4.78 is 7.49. The van der Waals surface area contributed by atoms with Crippen molar-refractivity contribution in [2.75, 3.05) is 25.0 Å². The number of amides is 2. The lowest BCUT2D eigenvalue weighted by molar-refractivity contribution is -0.136. The van der Waals surface area contributed by atoms with Crippen LogP contribution in [0.4, 0.5) is 5.69 Å². The second kappa shape index (κ2) is 9.41. The highest BCUT2D eigenvalue weighted by Crippen LogP contribution is 2.39. The van der Waals surface area contributed by atoms with Gasteiger partial charge in [0, 0.05) is 43.2 Å². The van der Waals surface area contributed by atoms with Crippen molar-refractivity contribution in [3.63, 3.8) is 0 Å². The number of rotatable bonds is 5. The van der Waals surface area contributed by atoms with Gasteiger partial charge >= 0.3 is 0 Å². The Morgan fingerprint density at radius 3 is 2.55 bits per heavy atom. The Morgan fingerprint density at radius 1 is 0.970 bits per heavy atom. The van der Waals surface area contributed by atoms with Gasteiger partial charge in [0.25, 0.3) is 11.5 Å². The highest BCUT2D eigenvalue weighted by atomic mass is 16.5. The summed E-state index contributed by atoms with van der Waals surface area (Å²) in [6, 6.07) is 12.6. The van der Waals surface area contributed by atoms with E-state index in [1.54, 1.807) is 12.1 Å². The van der Waals surface area contributed by atoms with Gasteiger partial charge in [-0.25, -0.2) is 0 Å². The third-order valence-corrected chi connectivity index (χ3v) is 7.28.